The van der Waals surface area contributed by atoms with Crippen LogP contribution in [-0.4, -0.2) is 34.2 Å². The molecular formula is C15H18N2O2. The molecule has 2 heterocycles. The van der Waals surface area contributed by atoms with Gasteiger partial charge in [0.15, 0.2) is 5.76 Å². The number of piperidine rings is 1. The summed E-state index contributed by atoms with van der Waals surface area (Å²) in [5, 5.41) is 9.65. The van der Waals surface area contributed by atoms with Crippen LogP contribution in [-0.2, 0) is 6.54 Å². The molecule has 1 aliphatic rings. The molecule has 0 bridgehead atoms. The van der Waals surface area contributed by atoms with E-state index in [0.29, 0.717) is 19.0 Å². The van der Waals surface area contributed by atoms with Crippen molar-refractivity contribution in [3.8, 4) is 11.3 Å². The highest BCUT2D eigenvalue weighted by atomic mass is 16.4. The van der Waals surface area contributed by atoms with Gasteiger partial charge in [0.2, 0.25) is 5.89 Å². The molecule has 19 heavy (non-hydrogen) atoms. The first-order valence-electron chi connectivity index (χ1n) is 6.72. The molecule has 0 saturated carbocycles. The van der Waals surface area contributed by atoms with Crippen molar-refractivity contribution in [2.75, 3.05) is 13.1 Å². The summed E-state index contributed by atoms with van der Waals surface area (Å²) in [6.07, 6.45) is 3.49. The molecule has 1 aromatic carbocycles. The molecule has 1 aromatic heterocycles. The summed E-state index contributed by atoms with van der Waals surface area (Å²) in [5.74, 6) is 1.51. The number of β-amino-alcohol motifs (C(OH)–C–C–N with tert-alkyl or cyclic N) is 1. The minimum Gasteiger partial charge on any atom is -0.439 e. The normalized spacial score (nSPS) is 20.6. The number of nitrogens with zero attached hydrogens (tertiary/aromatic N) is 2. The molecule has 1 unspecified atom stereocenters. The maximum absolute atomic E-state index is 9.65. The van der Waals surface area contributed by atoms with Gasteiger partial charge in [0.25, 0.3) is 0 Å². The standard InChI is InChI=1S/C15H18N2O2/c18-13-7-4-8-17(10-13)11-15-16-9-14(19-15)12-5-2-1-3-6-12/h1-3,5-6,9,13,18H,4,7-8,10-11H2. The van der Waals surface area contributed by atoms with E-state index in [1.165, 1.54) is 0 Å². The summed E-state index contributed by atoms with van der Waals surface area (Å²) in [6.45, 7) is 2.38. The van der Waals surface area contributed by atoms with Crippen molar-refractivity contribution in [1.29, 1.82) is 0 Å². The van der Waals surface area contributed by atoms with Gasteiger partial charge >= 0.3 is 0 Å². The maximum atomic E-state index is 9.65. The van der Waals surface area contributed by atoms with Gasteiger partial charge in [-0.25, -0.2) is 4.98 Å². The first kappa shape index (κ1) is 12.4. The number of rotatable bonds is 3. The second kappa shape index (κ2) is 5.55. The zero-order valence-electron chi connectivity index (χ0n) is 10.8. The van der Waals surface area contributed by atoms with Crippen molar-refractivity contribution in [3.05, 3.63) is 42.4 Å². The molecule has 2 aromatic rings. The summed E-state index contributed by atoms with van der Waals surface area (Å²) >= 11 is 0. The van der Waals surface area contributed by atoms with Gasteiger partial charge < -0.3 is 9.52 Å². The van der Waals surface area contributed by atoms with E-state index in [-0.39, 0.29) is 6.10 Å². The van der Waals surface area contributed by atoms with Gasteiger partial charge in [0.05, 0.1) is 18.8 Å². The van der Waals surface area contributed by atoms with E-state index in [4.69, 9.17) is 4.42 Å². The largest absolute Gasteiger partial charge is 0.439 e. The minimum absolute atomic E-state index is 0.211. The second-order valence-corrected chi connectivity index (χ2v) is 5.02. The molecule has 4 nitrogen and oxygen atoms in total. The molecule has 3 rings (SSSR count). The molecule has 1 aliphatic heterocycles. The lowest BCUT2D eigenvalue weighted by atomic mass is 10.1. The van der Waals surface area contributed by atoms with E-state index in [1.54, 1.807) is 6.20 Å². The van der Waals surface area contributed by atoms with Gasteiger partial charge in [-0.3, -0.25) is 4.90 Å². The molecule has 1 fully saturated rings. The van der Waals surface area contributed by atoms with Crippen LogP contribution >= 0.6 is 0 Å². The number of aromatic nitrogens is 1. The number of oxazole rings is 1. The monoisotopic (exact) mass is 258 g/mol. The zero-order valence-corrected chi connectivity index (χ0v) is 10.8. The summed E-state index contributed by atoms with van der Waals surface area (Å²) in [7, 11) is 0. The quantitative estimate of drug-likeness (QED) is 0.917. The van der Waals surface area contributed by atoms with Crippen LogP contribution in [0.15, 0.2) is 40.9 Å². The third kappa shape index (κ3) is 3.03. The highest BCUT2D eigenvalue weighted by molar-refractivity contribution is 5.55. The Morgan fingerprint density at radius 1 is 1.32 bits per heavy atom. The highest BCUT2D eigenvalue weighted by Crippen LogP contribution is 2.21. The SMILES string of the molecule is OC1CCCN(Cc2ncc(-c3ccccc3)o2)C1. The molecule has 1 atom stereocenters. The minimum atomic E-state index is -0.211. The average molecular weight is 258 g/mol. The van der Waals surface area contributed by atoms with Crippen LogP contribution in [0.3, 0.4) is 0 Å². The summed E-state index contributed by atoms with van der Waals surface area (Å²) in [5.41, 5.74) is 1.04. The van der Waals surface area contributed by atoms with Crippen LogP contribution in [0.25, 0.3) is 11.3 Å². The maximum Gasteiger partial charge on any atom is 0.209 e. The Labute approximate surface area is 112 Å². The third-order valence-corrected chi connectivity index (χ3v) is 3.45. The molecule has 1 N–H and O–H groups in total. The van der Waals surface area contributed by atoms with Crippen molar-refractivity contribution in [3.63, 3.8) is 0 Å². The number of hydrogen-bond acceptors (Lipinski definition) is 4. The Morgan fingerprint density at radius 3 is 2.95 bits per heavy atom. The molecule has 1 saturated heterocycles. The number of benzene rings is 1. The number of likely N-dealkylation sites (tertiary alicyclic amines) is 1. The summed E-state index contributed by atoms with van der Waals surface area (Å²) in [4.78, 5) is 6.51. The Bertz CT molecular complexity index is 524. The molecule has 0 amide bonds. The molecule has 0 radical (unpaired) electrons. The fourth-order valence-electron chi connectivity index (χ4n) is 2.49. The highest BCUT2D eigenvalue weighted by Gasteiger charge is 2.19. The third-order valence-electron chi connectivity index (χ3n) is 3.45. The zero-order chi connectivity index (χ0) is 13.1. The smallest absolute Gasteiger partial charge is 0.209 e. The van der Waals surface area contributed by atoms with E-state index in [0.717, 1.165) is 30.7 Å². The van der Waals surface area contributed by atoms with Gasteiger partial charge in [-0.1, -0.05) is 30.3 Å². The van der Waals surface area contributed by atoms with Crippen LogP contribution in [0.2, 0.25) is 0 Å². The average Bonchev–Trinajstić information content (AvgIpc) is 2.88. The topological polar surface area (TPSA) is 49.5 Å². The van der Waals surface area contributed by atoms with Crippen LogP contribution < -0.4 is 0 Å². The lowest BCUT2D eigenvalue weighted by Crippen LogP contribution is -2.37. The fraction of sp³-hybridized carbons (Fsp3) is 0.400. The van der Waals surface area contributed by atoms with Crippen LogP contribution in [0.1, 0.15) is 18.7 Å². The molecule has 0 aliphatic carbocycles. The van der Waals surface area contributed by atoms with E-state index < -0.39 is 0 Å². The van der Waals surface area contributed by atoms with E-state index >= 15 is 0 Å². The Balaban J connectivity index is 1.68. The van der Waals surface area contributed by atoms with Gasteiger partial charge in [-0.05, 0) is 19.4 Å². The number of aliphatic hydroxyl groups excluding tert-OH is 1. The van der Waals surface area contributed by atoms with Crippen molar-refractivity contribution in [1.82, 2.24) is 9.88 Å². The molecular weight excluding hydrogens is 240 g/mol. The van der Waals surface area contributed by atoms with Crippen molar-refractivity contribution < 1.29 is 9.52 Å². The molecule has 0 spiro atoms. The van der Waals surface area contributed by atoms with Gasteiger partial charge in [-0.15, -0.1) is 0 Å². The molecule has 100 valence electrons. The Kier molecular flexibility index (Phi) is 3.62. The van der Waals surface area contributed by atoms with Crippen molar-refractivity contribution in [2.45, 2.75) is 25.5 Å². The van der Waals surface area contributed by atoms with E-state index in [9.17, 15) is 5.11 Å². The summed E-state index contributed by atoms with van der Waals surface area (Å²) in [6, 6.07) is 9.97. The van der Waals surface area contributed by atoms with Gasteiger partial charge in [0.1, 0.15) is 0 Å². The Morgan fingerprint density at radius 2 is 2.16 bits per heavy atom. The van der Waals surface area contributed by atoms with E-state index in [1.807, 2.05) is 30.3 Å². The van der Waals surface area contributed by atoms with Crippen molar-refractivity contribution in [2.24, 2.45) is 0 Å². The van der Waals surface area contributed by atoms with Crippen LogP contribution in [0.4, 0.5) is 0 Å². The second-order valence-electron chi connectivity index (χ2n) is 5.02. The number of aliphatic hydroxyl groups is 1. The lowest BCUT2D eigenvalue weighted by Gasteiger charge is -2.28. The first-order valence-corrected chi connectivity index (χ1v) is 6.72. The van der Waals surface area contributed by atoms with Crippen LogP contribution in [0, 0.1) is 0 Å². The summed E-state index contributed by atoms with van der Waals surface area (Å²) < 4.78 is 5.77. The first-order chi connectivity index (χ1) is 9.31. The van der Waals surface area contributed by atoms with E-state index in [2.05, 4.69) is 9.88 Å². The lowest BCUT2D eigenvalue weighted by molar-refractivity contribution is 0.0625. The number of hydrogen-bond donors (Lipinski definition) is 1. The van der Waals surface area contributed by atoms with Crippen LogP contribution in [0.5, 0.6) is 0 Å². The molecule has 4 heteroatoms. The van der Waals surface area contributed by atoms with Crippen molar-refractivity contribution >= 4 is 0 Å². The van der Waals surface area contributed by atoms with Gasteiger partial charge in [0, 0.05) is 12.1 Å². The fourth-order valence-corrected chi connectivity index (χ4v) is 2.49. The Hall–Kier alpha value is -1.65. The van der Waals surface area contributed by atoms with Gasteiger partial charge in [-0.2, -0.15) is 0 Å². The predicted molar refractivity (Wildman–Crippen MR) is 72.5 cm³/mol. The predicted octanol–water partition coefficient (Wildman–Crippen LogP) is 2.30.